The lowest BCUT2D eigenvalue weighted by molar-refractivity contribution is 0.305. The Balaban J connectivity index is 2.13. The van der Waals surface area contributed by atoms with Crippen molar-refractivity contribution in [1.29, 1.82) is 0 Å². The molecule has 2 aromatic carbocycles. The second kappa shape index (κ2) is 6.70. The van der Waals surface area contributed by atoms with Crippen molar-refractivity contribution in [2.45, 2.75) is 13.5 Å². The van der Waals surface area contributed by atoms with Gasteiger partial charge < -0.3 is 15.7 Å². The van der Waals surface area contributed by atoms with E-state index in [2.05, 4.69) is 5.16 Å². The van der Waals surface area contributed by atoms with Gasteiger partial charge in [0.1, 0.15) is 12.4 Å². The molecule has 0 aliphatic heterocycles. The van der Waals surface area contributed by atoms with Gasteiger partial charge in [0.15, 0.2) is 5.84 Å². The number of aryl methyl sites for hydroxylation is 1. The molecule has 0 atom stereocenters. The van der Waals surface area contributed by atoms with Crippen molar-refractivity contribution in [2.24, 2.45) is 10.9 Å². The molecule has 21 heavy (non-hydrogen) atoms. The summed E-state index contributed by atoms with van der Waals surface area (Å²) in [5.41, 5.74) is 8.17. The van der Waals surface area contributed by atoms with E-state index in [0.29, 0.717) is 28.0 Å². The minimum atomic E-state index is 0.0761. The van der Waals surface area contributed by atoms with Gasteiger partial charge in [-0.1, -0.05) is 40.5 Å². The van der Waals surface area contributed by atoms with Crippen LogP contribution in [0.5, 0.6) is 5.75 Å². The number of hydrogen-bond acceptors (Lipinski definition) is 3. The van der Waals surface area contributed by atoms with Crippen molar-refractivity contribution in [1.82, 2.24) is 0 Å². The predicted molar refractivity (Wildman–Crippen MR) is 84.5 cm³/mol. The largest absolute Gasteiger partial charge is 0.489 e. The summed E-state index contributed by atoms with van der Waals surface area (Å²) in [6.45, 7) is 2.30. The van der Waals surface area contributed by atoms with Crippen molar-refractivity contribution in [3.8, 4) is 5.75 Å². The highest BCUT2D eigenvalue weighted by Gasteiger charge is 2.05. The molecule has 0 radical (unpaired) electrons. The zero-order chi connectivity index (χ0) is 15.4. The Hall–Kier alpha value is -1.91. The number of oxime groups is 1. The minimum absolute atomic E-state index is 0.0761. The fourth-order valence-corrected chi connectivity index (χ4v) is 2.35. The molecule has 0 saturated carbocycles. The zero-order valence-electron chi connectivity index (χ0n) is 11.3. The van der Waals surface area contributed by atoms with Crippen LogP contribution in [0.1, 0.15) is 16.7 Å². The molecule has 3 N–H and O–H groups in total. The Morgan fingerprint density at radius 1 is 1.19 bits per heavy atom. The van der Waals surface area contributed by atoms with Crippen LogP contribution in [0.4, 0.5) is 0 Å². The first-order chi connectivity index (χ1) is 9.99. The van der Waals surface area contributed by atoms with Gasteiger partial charge in [-0.05, 0) is 42.3 Å². The Bertz CT molecular complexity index is 667. The van der Waals surface area contributed by atoms with E-state index in [4.69, 9.17) is 38.9 Å². The Morgan fingerprint density at radius 3 is 2.43 bits per heavy atom. The summed E-state index contributed by atoms with van der Waals surface area (Å²) in [5.74, 6) is 0.680. The van der Waals surface area contributed by atoms with Crippen LogP contribution in [0.2, 0.25) is 10.0 Å². The van der Waals surface area contributed by atoms with Gasteiger partial charge in [-0.2, -0.15) is 0 Å². The fraction of sp³-hybridized carbons (Fsp3) is 0.133. The van der Waals surface area contributed by atoms with Gasteiger partial charge in [0.05, 0.1) is 0 Å². The molecule has 4 nitrogen and oxygen atoms in total. The average Bonchev–Trinajstić information content (AvgIpc) is 2.44. The Labute approximate surface area is 132 Å². The summed E-state index contributed by atoms with van der Waals surface area (Å²) in [4.78, 5) is 0. The first-order valence-corrected chi connectivity index (χ1v) is 6.91. The lowest BCUT2D eigenvalue weighted by atomic mass is 10.1. The number of benzene rings is 2. The van der Waals surface area contributed by atoms with Gasteiger partial charge in [-0.15, -0.1) is 0 Å². The highest BCUT2D eigenvalue weighted by atomic mass is 35.5. The third-order valence-corrected chi connectivity index (χ3v) is 3.41. The number of amidine groups is 1. The summed E-state index contributed by atoms with van der Waals surface area (Å²) < 4.78 is 5.68. The van der Waals surface area contributed by atoms with Crippen LogP contribution in [0, 0.1) is 6.92 Å². The van der Waals surface area contributed by atoms with E-state index in [1.54, 1.807) is 24.3 Å². The van der Waals surface area contributed by atoms with E-state index in [9.17, 15) is 0 Å². The van der Waals surface area contributed by atoms with E-state index < -0.39 is 0 Å². The van der Waals surface area contributed by atoms with E-state index >= 15 is 0 Å². The molecule has 6 heteroatoms. The van der Waals surface area contributed by atoms with Crippen molar-refractivity contribution >= 4 is 29.0 Å². The molecule has 0 aliphatic rings. The number of halogens is 2. The molecule has 0 spiro atoms. The molecule has 0 aliphatic carbocycles. The molecule has 2 rings (SSSR count). The fourth-order valence-electron chi connectivity index (χ4n) is 1.85. The number of nitrogens with two attached hydrogens (primary N) is 1. The molecular weight excluding hydrogens is 311 g/mol. The number of hydrogen-bond donors (Lipinski definition) is 2. The third-order valence-electron chi connectivity index (χ3n) is 2.98. The van der Waals surface area contributed by atoms with Gasteiger partial charge in [-0.25, -0.2) is 0 Å². The second-order valence-corrected chi connectivity index (χ2v) is 5.39. The highest BCUT2D eigenvalue weighted by Crippen LogP contribution is 2.25. The van der Waals surface area contributed by atoms with Crippen molar-refractivity contribution in [3.63, 3.8) is 0 Å². The van der Waals surface area contributed by atoms with Gasteiger partial charge in [0, 0.05) is 15.6 Å². The summed E-state index contributed by atoms with van der Waals surface area (Å²) in [6, 6.07) is 10.5. The summed E-state index contributed by atoms with van der Waals surface area (Å²) in [6.07, 6.45) is 0. The summed E-state index contributed by atoms with van der Waals surface area (Å²) in [5, 5.41) is 12.7. The highest BCUT2D eigenvalue weighted by molar-refractivity contribution is 6.34. The van der Waals surface area contributed by atoms with Crippen LogP contribution in [0.3, 0.4) is 0 Å². The van der Waals surface area contributed by atoms with Crippen molar-refractivity contribution in [2.75, 3.05) is 0 Å². The third kappa shape index (κ3) is 4.03. The summed E-state index contributed by atoms with van der Waals surface area (Å²) >= 11 is 11.8. The Kier molecular flexibility index (Phi) is 4.94. The van der Waals surface area contributed by atoms with Gasteiger partial charge >= 0.3 is 0 Å². The predicted octanol–water partition coefficient (Wildman–Crippen LogP) is 3.98. The molecule has 0 saturated heterocycles. The normalized spacial score (nSPS) is 11.5. The molecular formula is C15H14Cl2N2O2. The summed E-state index contributed by atoms with van der Waals surface area (Å²) in [7, 11) is 0. The quantitative estimate of drug-likeness (QED) is 0.387. The Morgan fingerprint density at radius 2 is 1.86 bits per heavy atom. The van der Waals surface area contributed by atoms with Gasteiger partial charge in [0.2, 0.25) is 0 Å². The van der Waals surface area contributed by atoms with E-state index in [1.165, 1.54) is 0 Å². The van der Waals surface area contributed by atoms with E-state index in [1.807, 2.05) is 19.1 Å². The maximum absolute atomic E-state index is 8.67. The number of ether oxygens (including phenoxy) is 1. The first kappa shape index (κ1) is 15.5. The number of rotatable bonds is 4. The molecule has 0 heterocycles. The topological polar surface area (TPSA) is 67.8 Å². The maximum Gasteiger partial charge on any atom is 0.170 e. The van der Waals surface area contributed by atoms with E-state index in [0.717, 1.165) is 11.1 Å². The number of nitrogens with zero attached hydrogens (tertiary/aromatic N) is 1. The smallest absolute Gasteiger partial charge is 0.170 e. The lowest BCUT2D eigenvalue weighted by Gasteiger charge is -2.10. The van der Waals surface area contributed by atoms with Crippen molar-refractivity contribution < 1.29 is 9.94 Å². The van der Waals surface area contributed by atoms with Crippen LogP contribution < -0.4 is 10.5 Å². The van der Waals surface area contributed by atoms with Gasteiger partial charge in [0.25, 0.3) is 0 Å². The van der Waals surface area contributed by atoms with Crippen LogP contribution in [0.15, 0.2) is 41.6 Å². The maximum atomic E-state index is 8.67. The zero-order valence-corrected chi connectivity index (χ0v) is 12.8. The minimum Gasteiger partial charge on any atom is -0.489 e. The molecule has 0 unspecified atom stereocenters. The molecule has 0 bridgehead atoms. The molecule has 2 aromatic rings. The monoisotopic (exact) mass is 324 g/mol. The van der Waals surface area contributed by atoms with Crippen LogP contribution in [-0.4, -0.2) is 11.0 Å². The molecule has 0 amide bonds. The van der Waals surface area contributed by atoms with Gasteiger partial charge in [-0.3, -0.25) is 0 Å². The molecule has 110 valence electrons. The first-order valence-electron chi connectivity index (χ1n) is 6.16. The van der Waals surface area contributed by atoms with Crippen LogP contribution >= 0.6 is 23.2 Å². The van der Waals surface area contributed by atoms with Crippen LogP contribution in [0.25, 0.3) is 0 Å². The standard InChI is InChI=1S/C15H14Cl2N2O2/c1-9-4-10(15(18)19-20)2-3-11(9)8-21-14-6-12(16)5-13(17)7-14/h2-7,20H,8H2,1H3,(H2,18,19). The average molecular weight is 325 g/mol. The lowest BCUT2D eigenvalue weighted by Crippen LogP contribution is -2.13. The second-order valence-electron chi connectivity index (χ2n) is 4.52. The molecule has 0 aromatic heterocycles. The SMILES string of the molecule is Cc1cc(/C(N)=N/O)ccc1COc1cc(Cl)cc(Cl)c1. The van der Waals surface area contributed by atoms with Crippen LogP contribution in [-0.2, 0) is 6.61 Å². The van der Waals surface area contributed by atoms with E-state index in [-0.39, 0.29) is 5.84 Å². The molecule has 0 fully saturated rings. The van der Waals surface area contributed by atoms with Crippen molar-refractivity contribution in [3.05, 3.63) is 63.1 Å².